The molecule has 3 aromatic carbocycles. The van der Waals surface area contributed by atoms with Gasteiger partial charge in [-0.2, -0.15) is 0 Å². The van der Waals surface area contributed by atoms with Crippen molar-refractivity contribution in [2.24, 2.45) is 5.73 Å². The summed E-state index contributed by atoms with van der Waals surface area (Å²) in [5.41, 5.74) is 10.8. The number of carbonyl (C=O) groups is 2. The third kappa shape index (κ3) is 19.6. The molecule has 2 amide bonds. The number of para-hydroxylation sites is 2. The van der Waals surface area contributed by atoms with E-state index in [0.29, 0.717) is 54.1 Å². The number of amides is 2. The topological polar surface area (TPSA) is 113 Å². The quantitative estimate of drug-likeness (QED) is 0.121. The largest absolute Gasteiger partial charge is 0.444 e. The number of nitrogens with two attached hydrogens (primary N) is 1. The lowest BCUT2D eigenvalue weighted by Crippen LogP contribution is -2.33. The Balaban J connectivity index is 0.000000426. The molecule has 9 nitrogen and oxygen atoms in total. The van der Waals surface area contributed by atoms with E-state index in [9.17, 15) is 22.8 Å². The number of nitrogens with zero attached hydrogens (tertiary/aromatic N) is 2. The Kier molecular flexibility index (Phi) is 24.4. The van der Waals surface area contributed by atoms with Gasteiger partial charge in [0.05, 0.1) is 19.0 Å². The number of rotatable bonds is 10. The van der Waals surface area contributed by atoms with Crippen molar-refractivity contribution < 1.29 is 32.2 Å². The van der Waals surface area contributed by atoms with E-state index < -0.39 is 23.4 Å². The molecule has 2 aromatic heterocycles. The van der Waals surface area contributed by atoms with Gasteiger partial charge in [0.25, 0.3) is 0 Å². The fourth-order valence-electron chi connectivity index (χ4n) is 5.58. The third-order valence-electron chi connectivity index (χ3n) is 8.41. The van der Waals surface area contributed by atoms with E-state index in [1.807, 2.05) is 82.2 Å². The highest BCUT2D eigenvalue weighted by molar-refractivity contribution is 9.09. The number of ether oxygens (including phenoxy) is 2. The highest BCUT2D eigenvalue weighted by atomic mass is 79.9. The molecule has 338 valence electrons. The van der Waals surface area contributed by atoms with Crippen LogP contribution in [-0.4, -0.2) is 57.5 Å². The first kappa shape index (κ1) is 54.8. The summed E-state index contributed by atoms with van der Waals surface area (Å²) in [5.74, 6) is 0. The summed E-state index contributed by atoms with van der Waals surface area (Å²) in [6, 6.07) is 28.4. The molecule has 0 unspecified atom stereocenters. The molecular formula is C48H62BrClF3N5O4. The molecule has 0 radical (unpaired) electrons. The van der Waals surface area contributed by atoms with Gasteiger partial charge in [0, 0.05) is 61.5 Å². The smallest absolute Gasteiger partial charge is 0.407 e. The van der Waals surface area contributed by atoms with Crippen LogP contribution in [0.3, 0.4) is 0 Å². The Morgan fingerprint density at radius 2 is 1.13 bits per heavy atom. The van der Waals surface area contributed by atoms with Crippen LogP contribution in [0.4, 0.5) is 22.8 Å². The Labute approximate surface area is 379 Å². The van der Waals surface area contributed by atoms with Crippen LogP contribution in [0.25, 0.3) is 27.9 Å². The van der Waals surface area contributed by atoms with Crippen LogP contribution in [0.5, 0.6) is 0 Å². The zero-order valence-electron chi connectivity index (χ0n) is 35.6. The van der Waals surface area contributed by atoms with E-state index in [0.717, 1.165) is 28.2 Å². The van der Waals surface area contributed by atoms with Crippen molar-refractivity contribution in [3.05, 3.63) is 150 Å². The van der Waals surface area contributed by atoms with Crippen molar-refractivity contribution in [2.75, 3.05) is 25.0 Å². The second-order valence-corrected chi connectivity index (χ2v) is 16.2. The number of alkyl halides is 1. The average molecular weight is 945 g/mol. The van der Waals surface area contributed by atoms with Crippen LogP contribution >= 0.6 is 28.3 Å². The number of fused-ring (bicyclic) bond motifs is 3. The van der Waals surface area contributed by atoms with Gasteiger partial charge in [-0.3, -0.25) is 0 Å². The fraction of sp³-hybridized carbons (Fsp3) is 0.333. The number of carbonyl (C=O) groups excluding carboxylic acids is 2. The van der Waals surface area contributed by atoms with Gasteiger partial charge in [0.15, 0.2) is 0 Å². The van der Waals surface area contributed by atoms with E-state index >= 15 is 0 Å². The number of aromatic nitrogens is 2. The highest BCUT2D eigenvalue weighted by Gasteiger charge is 2.17. The van der Waals surface area contributed by atoms with Crippen molar-refractivity contribution in [3.8, 4) is 0 Å². The number of hydrogen-bond donors (Lipinski definition) is 3. The molecule has 0 saturated heterocycles. The van der Waals surface area contributed by atoms with Crippen molar-refractivity contribution in [2.45, 2.75) is 79.7 Å². The molecule has 0 fully saturated rings. The number of hydrogen-bond acceptors (Lipinski definition) is 5. The van der Waals surface area contributed by atoms with Crippen molar-refractivity contribution in [1.82, 2.24) is 19.8 Å². The van der Waals surface area contributed by atoms with Gasteiger partial charge < -0.3 is 35.0 Å². The van der Waals surface area contributed by atoms with E-state index in [2.05, 4.69) is 63.0 Å². The fourth-order valence-corrected chi connectivity index (χ4v) is 5.90. The lowest BCUT2D eigenvalue weighted by Gasteiger charge is -2.20. The predicted molar refractivity (Wildman–Crippen MR) is 256 cm³/mol. The van der Waals surface area contributed by atoms with Crippen molar-refractivity contribution in [3.63, 3.8) is 0 Å². The minimum atomic E-state index is -0.569. The molecule has 0 saturated carbocycles. The number of nitrogens with one attached hydrogen (secondary N) is 2. The maximum absolute atomic E-state index is 13.1. The molecular weight excluding hydrogens is 883 g/mol. The normalized spacial score (nSPS) is 12.2. The van der Waals surface area contributed by atoms with Gasteiger partial charge in [0.1, 0.15) is 11.2 Å². The van der Waals surface area contributed by atoms with Crippen molar-refractivity contribution in [1.29, 1.82) is 0 Å². The summed E-state index contributed by atoms with van der Waals surface area (Å²) in [6.45, 7) is 12.0. The Bertz CT molecular complexity index is 2250. The molecule has 0 bridgehead atoms. The lowest BCUT2D eigenvalue weighted by atomic mass is 10.1. The van der Waals surface area contributed by atoms with Gasteiger partial charge in [-0.1, -0.05) is 96.2 Å². The summed E-state index contributed by atoms with van der Waals surface area (Å²) in [4.78, 5) is 22.7. The molecule has 0 atom stereocenters. The van der Waals surface area contributed by atoms with E-state index in [1.165, 1.54) is 11.1 Å². The summed E-state index contributed by atoms with van der Waals surface area (Å²) in [7, 11) is 0. The Morgan fingerprint density at radius 3 is 1.56 bits per heavy atom. The minimum Gasteiger partial charge on any atom is -0.444 e. The van der Waals surface area contributed by atoms with Gasteiger partial charge in [-0.05, 0) is 111 Å². The number of benzene rings is 3. The zero-order chi connectivity index (χ0) is 44.1. The highest BCUT2D eigenvalue weighted by Crippen LogP contribution is 2.19. The first-order chi connectivity index (χ1) is 28.6. The minimum absolute atomic E-state index is 0. The molecule has 1 aliphatic rings. The van der Waals surface area contributed by atoms with Gasteiger partial charge >= 0.3 is 12.2 Å². The molecule has 6 rings (SSSR count). The molecule has 0 aliphatic heterocycles. The average Bonchev–Trinajstić information content (AvgIpc) is 3.97. The Morgan fingerprint density at radius 1 is 0.694 bits per heavy atom. The van der Waals surface area contributed by atoms with Crippen molar-refractivity contribution >= 4 is 68.4 Å². The van der Waals surface area contributed by atoms with Gasteiger partial charge in [-0.25, -0.2) is 22.8 Å². The van der Waals surface area contributed by atoms with Crippen LogP contribution in [0.1, 0.15) is 60.1 Å². The maximum Gasteiger partial charge on any atom is 0.407 e. The van der Waals surface area contributed by atoms with Crippen LogP contribution in [-0.2, 0) is 29.0 Å². The molecule has 62 heavy (non-hydrogen) atoms. The SMILES string of the molecule is C.C1=Cc2ccccc2C1.CC(C)(C)OC(=O)NC/C(=C\F)CBr.CC(C)(C)OC(=O)NC/C(=C\F)Cn1ccc2ccccc21.Cl.NC/C(=C\F)Cn1ccc2ccccc21. The summed E-state index contributed by atoms with van der Waals surface area (Å²) < 4.78 is 51.6. The summed E-state index contributed by atoms with van der Waals surface area (Å²) >= 11 is 3.09. The molecule has 2 heterocycles. The van der Waals surface area contributed by atoms with E-state index in [4.69, 9.17) is 15.2 Å². The van der Waals surface area contributed by atoms with Crippen LogP contribution in [0.2, 0.25) is 0 Å². The molecule has 5 aromatic rings. The standard InChI is InChI=1S/C17H21FN2O2.C12H13FN2.C9H15BrFNO2.C9H8.CH4.ClH/c1-17(2,3)22-16(21)19-11-13(10-18)12-20-9-8-14-6-4-5-7-15(14)20;13-7-10(8-14)9-15-6-5-11-3-1-2-4-12(11)15;1-9(2,3)14-8(13)12-6-7(4-10)5-11;1-2-5-9-7-3-6-8(9)4-1;;/h4-10H,11-12H2,1-3H3,(H,19,21);1-7H,8-9,14H2;5H,4,6H2,1-3H3,(H,12,13);1-6H,7H2;1H4;1H/b13-10+;10-7+;7-5-;;;. The molecule has 14 heteroatoms. The van der Waals surface area contributed by atoms with E-state index in [-0.39, 0.29) is 39.5 Å². The number of allylic oxidation sites excluding steroid dienone is 1. The lowest BCUT2D eigenvalue weighted by molar-refractivity contribution is 0.0521. The first-order valence-electron chi connectivity index (χ1n) is 19.5. The van der Waals surface area contributed by atoms with E-state index in [1.54, 1.807) is 41.5 Å². The second-order valence-electron chi connectivity index (χ2n) is 15.7. The molecule has 4 N–H and O–H groups in total. The number of halogens is 5. The number of alkyl carbamates (subject to hydrolysis) is 2. The summed E-state index contributed by atoms with van der Waals surface area (Å²) in [6.07, 6.45) is 9.84. The van der Waals surface area contributed by atoms with Crippen LogP contribution in [0.15, 0.2) is 139 Å². The van der Waals surface area contributed by atoms with Crippen LogP contribution < -0.4 is 16.4 Å². The summed E-state index contributed by atoms with van der Waals surface area (Å²) in [5, 5.41) is 7.66. The van der Waals surface area contributed by atoms with Gasteiger partial charge in [0.2, 0.25) is 0 Å². The second kappa shape index (κ2) is 27.7. The molecule has 0 spiro atoms. The Hall–Kier alpha value is -5.24. The monoisotopic (exact) mass is 943 g/mol. The molecule has 1 aliphatic carbocycles. The van der Waals surface area contributed by atoms with Crippen LogP contribution in [0, 0.1) is 0 Å². The predicted octanol–water partition coefficient (Wildman–Crippen LogP) is 12.5. The third-order valence-corrected chi connectivity index (χ3v) is 9.13. The first-order valence-corrected chi connectivity index (χ1v) is 20.6. The zero-order valence-corrected chi connectivity index (χ0v) is 38.0. The maximum atomic E-state index is 13.1. The van der Waals surface area contributed by atoms with Gasteiger partial charge in [-0.15, -0.1) is 12.4 Å².